The van der Waals surface area contributed by atoms with Crippen LogP contribution in [0.3, 0.4) is 0 Å². The summed E-state index contributed by atoms with van der Waals surface area (Å²) in [5.41, 5.74) is 7.91. The molecule has 1 aromatic rings. The zero-order chi connectivity index (χ0) is 11.8. The van der Waals surface area contributed by atoms with Crippen LogP contribution in [0.15, 0.2) is 24.3 Å². The molecule has 3 heteroatoms. The molecule has 3 nitrogen and oxygen atoms in total. The van der Waals surface area contributed by atoms with E-state index >= 15 is 0 Å². The summed E-state index contributed by atoms with van der Waals surface area (Å²) in [7, 11) is 0. The Hall–Kier alpha value is -1.06. The van der Waals surface area contributed by atoms with Crippen molar-refractivity contribution in [3.05, 3.63) is 29.8 Å². The number of anilines is 1. The molecule has 1 atom stereocenters. The average Bonchev–Trinajstić information content (AvgIpc) is 2.28. The van der Waals surface area contributed by atoms with E-state index in [9.17, 15) is 0 Å². The summed E-state index contributed by atoms with van der Waals surface area (Å²) >= 11 is 0. The fourth-order valence-electron chi connectivity index (χ4n) is 1.55. The molecular weight excluding hydrogens is 198 g/mol. The molecule has 0 saturated heterocycles. The third kappa shape index (κ3) is 4.64. The first-order valence-electron chi connectivity index (χ1n) is 6.01. The van der Waals surface area contributed by atoms with Crippen LogP contribution in [0, 0.1) is 0 Å². The predicted molar refractivity (Wildman–Crippen MR) is 70.3 cm³/mol. The van der Waals surface area contributed by atoms with Crippen LogP contribution < -0.4 is 16.4 Å². The highest BCUT2D eigenvalue weighted by Crippen LogP contribution is 2.09. The molecule has 16 heavy (non-hydrogen) atoms. The summed E-state index contributed by atoms with van der Waals surface area (Å²) in [6.07, 6.45) is 1.18. The fourth-order valence-corrected chi connectivity index (χ4v) is 1.55. The molecule has 0 saturated carbocycles. The average molecular weight is 221 g/mol. The van der Waals surface area contributed by atoms with Crippen LogP contribution >= 0.6 is 0 Å². The number of para-hydroxylation sites is 1. The standard InChI is InChI=1S/C13H23N3/c1-3-8-15-9-11(2)16-10-12-6-4-5-7-13(12)14/h4-7,11,15-16H,3,8-10,14H2,1-2H3. The Morgan fingerprint density at radius 3 is 2.75 bits per heavy atom. The maximum Gasteiger partial charge on any atom is 0.0359 e. The molecule has 0 aliphatic carbocycles. The smallest absolute Gasteiger partial charge is 0.0359 e. The molecule has 90 valence electrons. The highest BCUT2D eigenvalue weighted by Gasteiger charge is 2.02. The molecule has 1 aromatic carbocycles. The molecular formula is C13H23N3. The Morgan fingerprint density at radius 1 is 1.31 bits per heavy atom. The molecule has 1 unspecified atom stereocenters. The van der Waals surface area contributed by atoms with Crippen LogP contribution in [0.5, 0.6) is 0 Å². The maximum absolute atomic E-state index is 5.87. The summed E-state index contributed by atoms with van der Waals surface area (Å²) in [5, 5.41) is 6.85. The lowest BCUT2D eigenvalue weighted by molar-refractivity contribution is 0.501. The van der Waals surface area contributed by atoms with Crippen molar-refractivity contribution in [2.24, 2.45) is 0 Å². The summed E-state index contributed by atoms with van der Waals surface area (Å²) < 4.78 is 0. The van der Waals surface area contributed by atoms with Gasteiger partial charge in [0.05, 0.1) is 0 Å². The van der Waals surface area contributed by atoms with Gasteiger partial charge in [0, 0.05) is 24.8 Å². The highest BCUT2D eigenvalue weighted by molar-refractivity contribution is 5.46. The van der Waals surface area contributed by atoms with Crippen LogP contribution in [0.4, 0.5) is 5.69 Å². The minimum atomic E-state index is 0.464. The molecule has 0 aliphatic rings. The third-order valence-electron chi connectivity index (χ3n) is 2.57. The first-order chi connectivity index (χ1) is 7.74. The molecule has 1 rings (SSSR count). The van der Waals surface area contributed by atoms with E-state index in [2.05, 4.69) is 30.5 Å². The summed E-state index contributed by atoms with van der Waals surface area (Å²) in [6.45, 7) is 7.28. The first-order valence-corrected chi connectivity index (χ1v) is 6.01. The number of nitrogens with two attached hydrogens (primary N) is 1. The zero-order valence-corrected chi connectivity index (χ0v) is 10.3. The van der Waals surface area contributed by atoms with Gasteiger partial charge in [-0.3, -0.25) is 0 Å². The van der Waals surface area contributed by atoms with E-state index in [1.807, 2.05) is 18.2 Å². The second kappa shape index (κ2) is 7.25. The number of hydrogen-bond acceptors (Lipinski definition) is 3. The Morgan fingerprint density at radius 2 is 2.06 bits per heavy atom. The van der Waals surface area contributed by atoms with Gasteiger partial charge in [0.1, 0.15) is 0 Å². The van der Waals surface area contributed by atoms with Crippen molar-refractivity contribution < 1.29 is 0 Å². The molecule has 4 N–H and O–H groups in total. The van der Waals surface area contributed by atoms with E-state index < -0.39 is 0 Å². The predicted octanol–water partition coefficient (Wildman–Crippen LogP) is 1.75. The van der Waals surface area contributed by atoms with Crippen LogP contribution in [-0.4, -0.2) is 19.1 Å². The van der Waals surface area contributed by atoms with Crippen molar-refractivity contribution in [1.29, 1.82) is 0 Å². The van der Waals surface area contributed by atoms with E-state index in [1.54, 1.807) is 0 Å². The van der Waals surface area contributed by atoms with Gasteiger partial charge in [0.25, 0.3) is 0 Å². The topological polar surface area (TPSA) is 50.1 Å². The molecule has 0 heterocycles. The number of nitrogen functional groups attached to an aromatic ring is 1. The lowest BCUT2D eigenvalue weighted by Crippen LogP contribution is -2.36. The minimum absolute atomic E-state index is 0.464. The van der Waals surface area contributed by atoms with Gasteiger partial charge in [0.2, 0.25) is 0 Å². The molecule has 0 bridgehead atoms. The Kier molecular flexibility index (Phi) is 5.90. The molecule has 0 aromatic heterocycles. The number of rotatable bonds is 7. The molecule has 0 amide bonds. The van der Waals surface area contributed by atoms with Gasteiger partial charge < -0.3 is 16.4 Å². The van der Waals surface area contributed by atoms with Gasteiger partial charge in [-0.15, -0.1) is 0 Å². The zero-order valence-electron chi connectivity index (χ0n) is 10.3. The van der Waals surface area contributed by atoms with Crippen molar-refractivity contribution in [2.45, 2.75) is 32.9 Å². The molecule has 0 fully saturated rings. The van der Waals surface area contributed by atoms with E-state index in [0.29, 0.717) is 6.04 Å². The largest absolute Gasteiger partial charge is 0.398 e. The van der Waals surface area contributed by atoms with E-state index in [4.69, 9.17) is 5.73 Å². The van der Waals surface area contributed by atoms with Gasteiger partial charge in [-0.25, -0.2) is 0 Å². The molecule has 0 radical (unpaired) electrons. The van der Waals surface area contributed by atoms with Crippen molar-refractivity contribution in [2.75, 3.05) is 18.8 Å². The Bertz CT molecular complexity index is 299. The van der Waals surface area contributed by atoms with Gasteiger partial charge in [-0.2, -0.15) is 0 Å². The Labute approximate surface area is 98.4 Å². The second-order valence-corrected chi connectivity index (χ2v) is 4.18. The van der Waals surface area contributed by atoms with E-state index in [0.717, 1.165) is 25.3 Å². The first kappa shape index (κ1) is 13.0. The van der Waals surface area contributed by atoms with Crippen LogP contribution in [0.1, 0.15) is 25.8 Å². The third-order valence-corrected chi connectivity index (χ3v) is 2.57. The molecule has 0 spiro atoms. The highest BCUT2D eigenvalue weighted by atomic mass is 15.0. The molecule has 0 aliphatic heterocycles. The summed E-state index contributed by atoms with van der Waals surface area (Å²) in [6, 6.07) is 8.45. The van der Waals surface area contributed by atoms with Gasteiger partial charge in [-0.05, 0) is 31.5 Å². The second-order valence-electron chi connectivity index (χ2n) is 4.18. The van der Waals surface area contributed by atoms with Crippen molar-refractivity contribution in [1.82, 2.24) is 10.6 Å². The van der Waals surface area contributed by atoms with Crippen LogP contribution in [0.25, 0.3) is 0 Å². The van der Waals surface area contributed by atoms with Gasteiger partial charge >= 0.3 is 0 Å². The summed E-state index contributed by atoms with van der Waals surface area (Å²) in [5.74, 6) is 0. The minimum Gasteiger partial charge on any atom is -0.398 e. The Balaban J connectivity index is 2.26. The maximum atomic E-state index is 5.87. The SMILES string of the molecule is CCCNCC(C)NCc1ccccc1N. The van der Waals surface area contributed by atoms with Crippen molar-refractivity contribution >= 4 is 5.69 Å². The summed E-state index contributed by atoms with van der Waals surface area (Å²) in [4.78, 5) is 0. The van der Waals surface area contributed by atoms with E-state index in [-0.39, 0.29) is 0 Å². The quantitative estimate of drug-likeness (QED) is 0.485. The fraction of sp³-hybridized carbons (Fsp3) is 0.538. The number of benzene rings is 1. The van der Waals surface area contributed by atoms with Gasteiger partial charge in [-0.1, -0.05) is 25.1 Å². The normalized spacial score (nSPS) is 12.6. The number of nitrogens with one attached hydrogen (secondary N) is 2. The number of hydrogen-bond donors (Lipinski definition) is 3. The van der Waals surface area contributed by atoms with Crippen molar-refractivity contribution in [3.8, 4) is 0 Å². The van der Waals surface area contributed by atoms with Crippen LogP contribution in [0.2, 0.25) is 0 Å². The lowest BCUT2D eigenvalue weighted by Gasteiger charge is -2.15. The lowest BCUT2D eigenvalue weighted by atomic mass is 10.1. The van der Waals surface area contributed by atoms with E-state index in [1.165, 1.54) is 12.0 Å². The van der Waals surface area contributed by atoms with Crippen LogP contribution in [-0.2, 0) is 6.54 Å². The van der Waals surface area contributed by atoms with Gasteiger partial charge in [0.15, 0.2) is 0 Å². The van der Waals surface area contributed by atoms with Crippen molar-refractivity contribution in [3.63, 3.8) is 0 Å². The monoisotopic (exact) mass is 221 g/mol.